The van der Waals surface area contributed by atoms with Crippen molar-refractivity contribution in [1.82, 2.24) is 4.98 Å². The monoisotopic (exact) mass is 311 g/mol. The predicted molar refractivity (Wildman–Crippen MR) is 61.7 cm³/mol. The summed E-state index contributed by atoms with van der Waals surface area (Å²) in [5.74, 6) is -5.15. The highest BCUT2D eigenvalue weighted by Gasteiger charge is 2.53. The zero-order valence-electron chi connectivity index (χ0n) is 9.70. The molecule has 20 heavy (non-hydrogen) atoms. The molecule has 1 fully saturated rings. The van der Waals surface area contributed by atoms with Gasteiger partial charge in [0.25, 0.3) is 0 Å². The van der Waals surface area contributed by atoms with Crippen LogP contribution in [0.2, 0.25) is 0 Å². The minimum atomic E-state index is -4.64. The van der Waals surface area contributed by atoms with Crippen LogP contribution >= 0.6 is 11.3 Å². The van der Waals surface area contributed by atoms with Crippen LogP contribution in [0, 0.1) is 22.0 Å². The summed E-state index contributed by atoms with van der Waals surface area (Å²) in [5, 5.41) is 19.1. The first-order valence-corrected chi connectivity index (χ1v) is 6.16. The molecule has 0 radical (unpaired) electrons. The fourth-order valence-corrected chi connectivity index (χ4v) is 2.78. The maximum atomic E-state index is 12.8. The minimum Gasteiger partial charge on any atom is -0.481 e. The van der Waals surface area contributed by atoms with Gasteiger partial charge in [0.15, 0.2) is 5.13 Å². The lowest BCUT2D eigenvalue weighted by Gasteiger charge is -2.17. The standard InChI is InChI=1S/C9H8F3N3O4S/c10-9(11,12)5-3-14(2-4(5)7(16)17)8-13-1-6(20-8)15(18)19/h1,4-5H,2-3H2,(H,16,17)/t4-,5-/m1/s1. The molecule has 7 nitrogen and oxygen atoms in total. The zero-order valence-corrected chi connectivity index (χ0v) is 10.5. The van der Waals surface area contributed by atoms with Gasteiger partial charge in [-0.25, -0.2) is 4.98 Å². The molecule has 1 saturated heterocycles. The quantitative estimate of drug-likeness (QED) is 0.675. The van der Waals surface area contributed by atoms with Crippen LogP contribution in [0.5, 0.6) is 0 Å². The number of rotatable bonds is 3. The van der Waals surface area contributed by atoms with Crippen LogP contribution in [0.4, 0.5) is 23.3 Å². The van der Waals surface area contributed by atoms with Crippen molar-refractivity contribution in [1.29, 1.82) is 0 Å². The molecular weight excluding hydrogens is 303 g/mol. The van der Waals surface area contributed by atoms with Crippen LogP contribution in [-0.2, 0) is 4.79 Å². The summed E-state index contributed by atoms with van der Waals surface area (Å²) in [4.78, 5) is 25.5. The molecule has 110 valence electrons. The van der Waals surface area contributed by atoms with E-state index in [1.165, 1.54) is 0 Å². The average molecular weight is 311 g/mol. The molecule has 1 aromatic heterocycles. The first kappa shape index (κ1) is 14.5. The van der Waals surface area contributed by atoms with E-state index in [1.807, 2.05) is 0 Å². The molecule has 1 aliphatic rings. The summed E-state index contributed by atoms with van der Waals surface area (Å²) in [7, 11) is 0. The Labute approximate surface area is 113 Å². The number of hydrogen-bond donors (Lipinski definition) is 1. The van der Waals surface area contributed by atoms with Crippen molar-refractivity contribution < 1.29 is 28.0 Å². The van der Waals surface area contributed by atoms with Gasteiger partial charge in [0.1, 0.15) is 6.20 Å². The highest BCUT2D eigenvalue weighted by Crippen LogP contribution is 2.41. The van der Waals surface area contributed by atoms with E-state index in [4.69, 9.17) is 5.11 Å². The Kier molecular flexibility index (Phi) is 3.54. The predicted octanol–water partition coefficient (Wildman–Crippen LogP) is 1.75. The van der Waals surface area contributed by atoms with Crippen LogP contribution in [0.15, 0.2) is 6.20 Å². The van der Waals surface area contributed by atoms with Gasteiger partial charge in [0, 0.05) is 13.1 Å². The topological polar surface area (TPSA) is 96.6 Å². The second-order valence-electron chi connectivity index (χ2n) is 4.24. The van der Waals surface area contributed by atoms with Crippen LogP contribution in [0.3, 0.4) is 0 Å². The zero-order chi connectivity index (χ0) is 15.1. The minimum absolute atomic E-state index is 0.0229. The molecule has 1 aliphatic heterocycles. The molecule has 0 aromatic carbocycles. The second kappa shape index (κ2) is 4.89. The molecule has 0 spiro atoms. The number of carboxylic acid groups (broad SMARTS) is 1. The Bertz CT molecular complexity index is 547. The largest absolute Gasteiger partial charge is 0.481 e. The Balaban J connectivity index is 2.23. The van der Waals surface area contributed by atoms with Crippen molar-refractivity contribution in [2.24, 2.45) is 11.8 Å². The van der Waals surface area contributed by atoms with Gasteiger partial charge in [-0.2, -0.15) is 13.2 Å². The van der Waals surface area contributed by atoms with Crippen molar-refractivity contribution in [3.05, 3.63) is 16.3 Å². The normalized spacial score (nSPS) is 23.1. The van der Waals surface area contributed by atoms with E-state index in [1.54, 1.807) is 0 Å². The number of carboxylic acids is 1. The number of thiazole rings is 1. The molecule has 0 bridgehead atoms. The molecule has 0 unspecified atom stereocenters. The van der Waals surface area contributed by atoms with E-state index in [-0.39, 0.29) is 16.7 Å². The smallest absolute Gasteiger partial charge is 0.394 e. The van der Waals surface area contributed by atoms with Gasteiger partial charge in [-0.15, -0.1) is 0 Å². The number of alkyl halides is 3. The average Bonchev–Trinajstić information content (AvgIpc) is 2.94. The lowest BCUT2D eigenvalue weighted by atomic mass is 9.96. The number of aliphatic carboxylic acids is 1. The third-order valence-corrected chi connectivity index (χ3v) is 4.00. The summed E-state index contributed by atoms with van der Waals surface area (Å²) in [6.07, 6.45) is -3.70. The highest BCUT2D eigenvalue weighted by molar-refractivity contribution is 7.18. The van der Waals surface area contributed by atoms with Gasteiger partial charge in [-0.1, -0.05) is 0 Å². The van der Waals surface area contributed by atoms with E-state index in [0.29, 0.717) is 11.3 Å². The van der Waals surface area contributed by atoms with E-state index >= 15 is 0 Å². The molecule has 2 heterocycles. The highest BCUT2D eigenvalue weighted by atomic mass is 32.1. The molecule has 0 saturated carbocycles. The summed E-state index contributed by atoms with van der Waals surface area (Å²) in [5.41, 5.74) is 0. The van der Waals surface area contributed by atoms with Gasteiger partial charge in [-0.3, -0.25) is 14.9 Å². The van der Waals surface area contributed by atoms with E-state index < -0.39 is 35.4 Å². The van der Waals surface area contributed by atoms with Gasteiger partial charge in [0.05, 0.1) is 16.8 Å². The lowest BCUT2D eigenvalue weighted by molar-refractivity contribution is -0.380. The maximum Gasteiger partial charge on any atom is 0.394 e. The molecular formula is C9H8F3N3O4S. The number of anilines is 1. The van der Waals surface area contributed by atoms with E-state index in [2.05, 4.69) is 4.98 Å². The lowest BCUT2D eigenvalue weighted by Crippen LogP contribution is -2.33. The van der Waals surface area contributed by atoms with Crippen molar-refractivity contribution >= 4 is 27.4 Å². The molecule has 1 N–H and O–H groups in total. The molecule has 1 aromatic rings. The Hall–Kier alpha value is -1.91. The fourth-order valence-electron chi connectivity index (χ4n) is 2.03. The third-order valence-electron chi connectivity index (χ3n) is 2.99. The number of hydrogen-bond acceptors (Lipinski definition) is 6. The Morgan fingerprint density at radius 2 is 2.20 bits per heavy atom. The van der Waals surface area contributed by atoms with Gasteiger partial charge in [0.2, 0.25) is 0 Å². The molecule has 0 amide bonds. The SMILES string of the molecule is O=C(O)[C@@H]1CN(c2ncc([N+](=O)[O-])s2)C[C@H]1C(F)(F)F. The van der Waals surface area contributed by atoms with Crippen molar-refractivity contribution in [2.75, 3.05) is 18.0 Å². The number of nitrogens with zero attached hydrogens (tertiary/aromatic N) is 3. The number of aromatic nitrogens is 1. The number of carbonyl (C=O) groups is 1. The molecule has 0 aliphatic carbocycles. The number of halogens is 3. The maximum absolute atomic E-state index is 12.8. The Morgan fingerprint density at radius 3 is 2.60 bits per heavy atom. The van der Waals surface area contributed by atoms with Gasteiger partial charge < -0.3 is 10.0 Å². The van der Waals surface area contributed by atoms with Gasteiger partial charge >= 0.3 is 17.1 Å². The Morgan fingerprint density at radius 1 is 1.55 bits per heavy atom. The number of nitro groups is 1. The summed E-state index contributed by atoms with van der Waals surface area (Å²) >= 11 is 0.620. The summed E-state index contributed by atoms with van der Waals surface area (Å²) < 4.78 is 38.3. The molecule has 11 heteroatoms. The van der Waals surface area contributed by atoms with Crippen LogP contribution < -0.4 is 4.90 Å². The van der Waals surface area contributed by atoms with Crippen molar-refractivity contribution in [3.8, 4) is 0 Å². The van der Waals surface area contributed by atoms with Crippen LogP contribution in [-0.4, -0.2) is 40.2 Å². The third kappa shape index (κ3) is 2.66. The van der Waals surface area contributed by atoms with E-state index in [9.17, 15) is 28.1 Å². The van der Waals surface area contributed by atoms with Crippen molar-refractivity contribution in [3.63, 3.8) is 0 Å². The fraction of sp³-hybridized carbons (Fsp3) is 0.556. The van der Waals surface area contributed by atoms with Crippen LogP contribution in [0.1, 0.15) is 0 Å². The first-order chi connectivity index (χ1) is 9.20. The van der Waals surface area contributed by atoms with Crippen molar-refractivity contribution in [2.45, 2.75) is 6.18 Å². The molecule has 2 atom stereocenters. The second-order valence-corrected chi connectivity index (χ2v) is 5.22. The van der Waals surface area contributed by atoms with E-state index in [0.717, 1.165) is 11.1 Å². The van der Waals surface area contributed by atoms with Crippen LogP contribution in [0.25, 0.3) is 0 Å². The van der Waals surface area contributed by atoms with Gasteiger partial charge in [-0.05, 0) is 11.3 Å². The summed E-state index contributed by atoms with van der Waals surface area (Å²) in [6.45, 7) is -0.935. The first-order valence-electron chi connectivity index (χ1n) is 5.35. The molecule has 2 rings (SSSR count). The summed E-state index contributed by atoms with van der Waals surface area (Å²) in [6, 6.07) is 0.